The Morgan fingerprint density at radius 3 is 2.31 bits per heavy atom. The van der Waals surface area contributed by atoms with Gasteiger partial charge in [-0.15, -0.1) is 0 Å². The van der Waals surface area contributed by atoms with E-state index in [2.05, 4.69) is 20.8 Å². The van der Waals surface area contributed by atoms with Crippen LogP contribution in [0.1, 0.15) is 32.8 Å². The summed E-state index contributed by atoms with van der Waals surface area (Å²) in [7, 11) is 0. The van der Waals surface area contributed by atoms with E-state index in [1.54, 1.807) is 0 Å². The number of halogens is 2. The number of rotatable bonds is 3. The SMILES string of the molecule is CC(C)(C)CC(N)Cc1ccc(Cl)c(Cl)c1. The van der Waals surface area contributed by atoms with Crippen LogP contribution in [0.3, 0.4) is 0 Å². The highest BCUT2D eigenvalue weighted by Crippen LogP contribution is 2.25. The fourth-order valence-corrected chi connectivity index (χ4v) is 2.15. The summed E-state index contributed by atoms with van der Waals surface area (Å²) in [4.78, 5) is 0. The average Bonchev–Trinajstić information content (AvgIpc) is 2.08. The van der Waals surface area contributed by atoms with Crippen molar-refractivity contribution in [3.63, 3.8) is 0 Å². The summed E-state index contributed by atoms with van der Waals surface area (Å²) in [6.07, 6.45) is 1.83. The van der Waals surface area contributed by atoms with E-state index in [1.807, 2.05) is 18.2 Å². The summed E-state index contributed by atoms with van der Waals surface area (Å²) in [5, 5.41) is 1.19. The molecular weight excluding hydrogens is 241 g/mol. The van der Waals surface area contributed by atoms with Gasteiger partial charge in [-0.1, -0.05) is 50.0 Å². The van der Waals surface area contributed by atoms with Gasteiger partial charge >= 0.3 is 0 Å². The lowest BCUT2D eigenvalue weighted by atomic mass is 9.86. The first kappa shape index (κ1) is 13.8. The zero-order valence-corrected chi connectivity index (χ0v) is 11.6. The van der Waals surface area contributed by atoms with Gasteiger partial charge < -0.3 is 5.73 Å². The van der Waals surface area contributed by atoms with Crippen LogP contribution in [0.2, 0.25) is 10.0 Å². The molecule has 1 atom stereocenters. The Bertz CT molecular complexity index is 355. The summed E-state index contributed by atoms with van der Waals surface area (Å²) >= 11 is 11.8. The summed E-state index contributed by atoms with van der Waals surface area (Å²) in [6.45, 7) is 6.59. The Morgan fingerprint density at radius 2 is 1.81 bits per heavy atom. The molecule has 0 saturated heterocycles. The molecule has 0 aliphatic heterocycles. The predicted octanol–water partition coefficient (Wildman–Crippen LogP) is 4.30. The second kappa shape index (κ2) is 5.39. The zero-order chi connectivity index (χ0) is 12.3. The number of hydrogen-bond donors (Lipinski definition) is 1. The molecular formula is C13H19Cl2N. The van der Waals surface area contributed by atoms with Crippen molar-refractivity contribution < 1.29 is 0 Å². The normalized spacial score (nSPS) is 13.9. The van der Waals surface area contributed by atoms with E-state index in [0.29, 0.717) is 10.0 Å². The molecule has 1 aromatic rings. The summed E-state index contributed by atoms with van der Waals surface area (Å²) in [5.74, 6) is 0. The molecule has 0 amide bonds. The van der Waals surface area contributed by atoms with Gasteiger partial charge in [-0.3, -0.25) is 0 Å². The van der Waals surface area contributed by atoms with Gasteiger partial charge in [-0.05, 0) is 36.0 Å². The summed E-state index contributed by atoms with van der Waals surface area (Å²) in [6, 6.07) is 5.86. The van der Waals surface area contributed by atoms with E-state index in [0.717, 1.165) is 18.4 Å². The van der Waals surface area contributed by atoms with E-state index in [1.165, 1.54) is 0 Å². The lowest BCUT2D eigenvalue weighted by Gasteiger charge is -2.23. The highest BCUT2D eigenvalue weighted by Gasteiger charge is 2.16. The average molecular weight is 260 g/mol. The van der Waals surface area contributed by atoms with E-state index in [-0.39, 0.29) is 11.5 Å². The predicted molar refractivity (Wildman–Crippen MR) is 72.2 cm³/mol. The van der Waals surface area contributed by atoms with Crippen molar-refractivity contribution in [1.82, 2.24) is 0 Å². The second-order valence-corrected chi connectivity index (χ2v) is 6.29. The third-order valence-electron chi connectivity index (χ3n) is 2.36. The number of nitrogens with two attached hydrogens (primary N) is 1. The quantitative estimate of drug-likeness (QED) is 0.861. The van der Waals surface area contributed by atoms with E-state index in [9.17, 15) is 0 Å². The lowest BCUT2D eigenvalue weighted by Crippen LogP contribution is -2.28. The third kappa shape index (κ3) is 4.73. The second-order valence-electron chi connectivity index (χ2n) is 5.48. The van der Waals surface area contributed by atoms with Crippen LogP contribution in [-0.4, -0.2) is 6.04 Å². The minimum atomic E-state index is 0.164. The molecule has 0 bridgehead atoms. The Labute approximate surface area is 108 Å². The molecule has 0 fully saturated rings. The lowest BCUT2D eigenvalue weighted by molar-refractivity contribution is 0.338. The minimum absolute atomic E-state index is 0.164. The molecule has 16 heavy (non-hydrogen) atoms. The number of hydrogen-bond acceptors (Lipinski definition) is 1. The van der Waals surface area contributed by atoms with Crippen molar-refractivity contribution in [2.75, 3.05) is 0 Å². The first-order chi connectivity index (χ1) is 7.28. The molecule has 0 heterocycles. The first-order valence-electron chi connectivity index (χ1n) is 5.47. The molecule has 0 radical (unpaired) electrons. The first-order valence-corrected chi connectivity index (χ1v) is 6.23. The van der Waals surface area contributed by atoms with Crippen molar-refractivity contribution in [2.45, 2.75) is 39.7 Å². The van der Waals surface area contributed by atoms with Crippen LogP contribution in [0.25, 0.3) is 0 Å². The van der Waals surface area contributed by atoms with Crippen LogP contribution >= 0.6 is 23.2 Å². The highest BCUT2D eigenvalue weighted by molar-refractivity contribution is 6.42. The molecule has 0 spiro atoms. The van der Waals surface area contributed by atoms with Crippen molar-refractivity contribution in [3.8, 4) is 0 Å². The fourth-order valence-electron chi connectivity index (χ4n) is 1.83. The molecule has 3 heteroatoms. The smallest absolute Gasteiger partial charge is 0.0595 e. The van der Waals surface area contributed by atoms with Gasteiger partial charge in [0.1, 0.15) is 0 Å². The largest absolute Gasteiger partial charge is 0.327 e. The Morgan fingerprint density at radius 1 is 1.19 bits per heavy atom. The maximum Gasteiger partial charge on any atom is 0.0595 e. The van der Waals surface area contributed by atoms with Crippen LogP contribution in [0.15, 0.2) is 18.2 Å². The van der Waals surface area contributed by atoms with Crippen LogP contribution < -0.4 is 5.73 Å². The van der Waals surface area contributed by atoms with Crippen LogP contribution in [-0.2, 0) is 6.42 Å². The van der Waals surface area contributed by atoms with Gasteiger partial charge in [-0.2, -0.15) is 0 Å². The van der Waals surface area contributed by atoms with E-state index < -0.39 is 0 Å². The molecule has 1 unspecified atom stereocenters. The van der Waals surface area contributed by atoms with E-state index in [4.69, 9.17) is 28.9 Å². The molecule has 2 N–H and O–H groups in total. The highest BCUT2D eigenvalue weighted by atomic mass is 35.5. The molecule has 0 aromatic heterocycles. The van der Waals surface area contributed by atoms with Crippen molar-refractivity contribution in [1.29, 1.82) is 0 Å². The zero-order valence-electron chi connectivity index (χ0n) is 10.1. The molecule has 1 rings (SSSR count). The fraction of sp³-hybridized carbons (Fsp3) is 0.538. The molecule has 0 aliphatic carbocycles. The van der Waals surface area contributed by atoms with E-state index >= 15 is 0 Å². The maximum absolute atomic E-state index is 6.10. The van der Waals surface area contributed by atoms with Gasteiger partial charge in [0.2, 0.25) is 0 Å². The Kier molecular flexibility index (Phi) is 4.66. The van der Waals surface area contributed by atoms with Gasteiger partial charge in [0.25, 0.3) is 0 Å². The molecule has 0 aliphatic rings. The number of benzene rings is 1. The van der Waals surface area contributed by atoms with Gasteiger partial charge in [0.15, 0.2) is 0 Å². The van der Waals surface area contributed by atoms with Crippen LogP contribution in [0.5, 0.6) is 0 Å². The minimum Gasteiger partial charge on any atom is -0.327 e. The van der Waals surface area contributed by atoms with Gasteiger partial charge in [0.05, 0.1) is 10.0 Å². The van der Waals surface area contributed by atoms with Crippen LogP contribution in [0.4, 0.5) is 0 Å². The summed E-state index contributed by atoms with van der Waals surface area (Å²) in [5.41, 5.74) is 7.51. The van der Waals surface area contributed by atoms with Crippen molar-refractivity contribution in [2.24, 2.45) is 11.1 Å². The molecule has 90 valence electrons. The summed E-state index contributed by atoms with van der Waals surface area (Å²) < 4.78 is 0. The standard InChI is InChI=1S/C13H19Cl2N/c1-13(2,3)8-10(16)6-9-4-5-11(14)12(15)7-9/h4-5,7,10H,6,8,16H2,1-3H3. The Hall–Kier alpha value is -0.240. The van der Waals surface area contributed by atoms with Crippen molar-refractivity contribution in [3.05, 3.63) is 33.8 Å². The molecule has 1 nitrogen and oxygen atoms in total. The maximum atomic E-state index is 6.10. The third-order valence-corrected chi connectivity index (χ3v) is 3.10. The van der Waals surface area contributed by atoms with Gasteiger partial charge in [-0.25, -0.2) is 0 Å². The Balaban J connectivity index is 2.63. The topological polar surface area (TPSA) is 26.0 Å². The van der Waals surface area contributed by atoms with Crippen LogP contribution in [0, 0.1) is 5.41 Å². The van der Waals surface area contributed by atoms with Crippen molar-refractivity contribution >= 4 is 23.2 Å². The molecule has 0 saturated carbocycles. The monoisotopic (exact) mass is 259 g/mol. The van der Waals surface area contributed by atoms with Gasteiger partial charge in [0, 0.05) is 6.04 Å². The molecule has 1 aromatic carbocycles.